The number of hydrogen-bond donors (Lipinski definition) is 0. The first-order chi connectivity index (χ1) is 12.8. The van der Waals surface area contributed by atoms with Crippen molar-refractivity contribution in [1.29, 1.82) is 0 Å². The van der Waals surface area contributed by atoms with Crippen molar-refractivity contribution in [1.82, 2.24) is 30.0 Å². The first-order valence-electron chi connectivity index (χ1n) is 9.57. The normalized spacial score (nSPS) is 26.1. The van der Waals surface area contributed by atoms with Crippen LogP contribution in [0.5, 0.6) is 0 Å². The molecule has 4 aliphatic rings. The van der Waals surface area contributed by atoms with Gasteiger partial charge in [-0.05, 0) is 53.2 Å². The number of tetrazole rings is 1. The number of hydrogen-bond acceptors (Lipinski definition) is 5. The van der Waals surface area contributed by atoms with Crippen LogP contribution in [0.25, 0.3) is 0 Å². The Labute approximate surface area is 153 Å². The molecule has 136 valence electrons. The largest absolute Gasteiger partial charge is 0.336 e. The third-order valence-electron chi connectivity index (χ3n) is 6.30. The Morgan fingerprint density at radius 2 is 1.85 bits per heavy atom. The molecule has 2 bridgehead atoms. The molecule has 0 spiro atoms. The Hall–Kier alpha value is -2.28. The van der Waals surface area contributed by atoms with Crippen molar-refractivity contribution in [2.24, 2.45) is 5.92 Å². The zero-order valence-corrected chi connectivity index (χ0v) is 14.9. The van der Waals surface area contributed by atoms with Gasteiger partial charge in [-0.15, -0.1) is 5.10 Å². The van der Waals surface area contributed by atoms with Crippen molar-refractivity contribution in [3.63, 3.8) is 0 Å². The van der Waals surface area contributed by atoms with Gasteiger partial charge in [0.2, 0.25) is 5.91 Å². The molecule has 7 heteroatoms. The Balaban J connectivity index is 1.29. The van der Waals surface area contributed by atoms with Crippen molar-refractivity contribution in [3.8, 4) is 0 Å². The Morgan fingerprint density at radius 3 is 2.58 bits per heavy atom. The second-order valence-electron chi connectivity index (χ2n) is 7.94. The molecule has 1 aromatic carbocycles. The van der Waals surface area contributed by atoms with Gasteiger partial charge >= 0.3 is 0 Å². The molecule has 26 heavy (non-hydrogen) atoms. The van der Waals surface area contributed by atoms with E-state index in [1.807, 2.05) is 0 Å². The predicted octanol–water partition coefficient (Wildman–Crippen LogP) is 0.763. The topological polar surface area (TPSA) is 67.2 Å². The summed E-state index contributed by atoms with van der Waals surface area (Å²) in [5, 5.41) is 11.1. The zero-order valence-electron chi connectivity index (χ0n) is 14.9. The van der Waals surface area contributed by atoms with Crippen LogP contribution in [0.4, 0.5) is 0 Å². The molecule has 0 saturated carbocycles. The van der Waals surface area contributed by atoms with Crippen LogP contribution in [0.2, 0.25) is 0 Å². The standard InChI is InChI=1S/C19H24N6O/c26-19(12-24-13-20-21-22-24)25-10-14-5-6-17(25)11-23(9-14)18-7-15-3-1-2-4-16(15)8-18/h1-4,13-14,17-18H,5-12H2/t14-,17+/m0/s1. The molecular formula is C19H24N6O. The van der Waals surface area contributed by atoms with Crippen LogP contribution in [0.1, 0.15) is 24.0 Å². The Bertz CT molecular complexity index is 766. The maximum absolute atomic E-state index is 12.8. The van der Waals surface area contributed by atoms with Gasteiger partial charge < -0.3 is 4.90 Å². The highest BCUT2D eigenvalue weighted by atomic mass is 16.2. The van der Waals surface area contributed by atoms with E-state index in [1.165, 1.54) is 28.6 Å². The summed E-state index contributed by atoms with van der Waals surface area (Å²) < 4.78 is 1.52. The van der Waals surface area contributed by atoms with E-state index in [2.05, 4.69) is 49.6 Å². The molecule has 0 radical (unpaired) electrons. The molecule has 1 amide bonds. The van der Waals surface area contributed by atoms with E-state index in [-0.39, 0.29) is 12.5 Å². The van der Waals surface area contributed by atoms with E-state index in [0.29, 0.717) is 18.0 Å². The lowest BCUT2D eigenvalue weighted by Gasteiger charge is -2.36. The fourth-order valence-corrected chi connectivity index (χ4v) is 5.00. The lowest BCUT2D eigenvalue weighted by molar-refractivity contribution is -0.136. The number of carbonyl (C=O) groups excluding carboxylic acids is 1. The maximum Gasteiger partial charge on any atom is 0.244 e. The maximum atomic E-state index is 12.8. The molecule has 3 fully saturated rings. The molecule has 3 saturated heterocycles. The van der Waals surface area contributed by atoms with Crippen LogP contribution in [-0.2, 0) is 24.2 Å². The zero-order chi connectivity index (χ0) is 17.5. The molecule has 3 aliphatic heterocycles. The van der Waals surface area contributed by atoms with Crippen LogP contribution < -0.4 is 0 Å². The molecule has 1 aromatic heterocycles. The molecule has 2 atom stereocenters. The average Bonchev–Trinajstić information content (AvgIpc) is 3.23. The van der Waals surface area contributed by atoms with Crippen molar-refractivity contribution in [2.45, 2.75) is 44.3 Å². The minimum absolute atomic E-state index is 0.142. The van der Waals surface area contributed by atoms with E-state index in [9.17, 15) is 4.79 Å². The van der Waals surface area contributed by atoms with E-state index < -0.39 is 0 Å². The smallest absolute Gasteiger partial charge is 0.244 e. The lowest BCUT2D eigenvalue weighted by Crippen LogP contribution is -2.49. The number of rotatable bonds is 3. The predicted molar refractivity (Wildman–Crippen MR) is 95.3 cm³/mol. The molecule has 6 rings (SSSR count). The summed E-state index contributed by atoms with van der Waals surface area (Å²) in [7, 11) is 0. The summed E-state index contributed by atoms with van der Waals surface area (Å²) >= 11 is 0. The Morgan fingerprint density at radius 1 is 1.04 bits per heavy atom. The van der Waals surface area contributed by atoms with Gasteiger partial charge in [-0.25, -0.2) is 4.68 Å². The van der Waals surface area contributed by atoms with Crippen LogP contribution in [0.15, 0.2) is 30.6 Å². The summed E-state index contributed by atoms with van der Waals surface area (Å²) in [6, 6.07) is 9.74. The van der Waals surface area contributed by atoms with Gasteiger partial charge in [0, 0.05) is 31.7 Å². The van der Waals surface area contributed by atoms with Crippen LogP contribution >= 0.6 is 0 Å². The molecule has 0 unspecified atom stereocenters. The highest BCUT2D eigenvalue weighted by molar-refractivity contribution is 5.76. The van der Waals surface area contributed by atoms with E-state index >= 15 is 0 Å². The first-order valence-corrected chi connectivity index (χ1v) is 9.57. The third kappa shape index (κ3) is 2.90. The molecule has 1 aliphatic carbocycles. The highest BCUT2D eigenvalue weighted by Crippen LogP contribution is 2.33. The quantitative estimate of drug-likeness (QED) is 0.816. The van der Waals surface area contributed by atoms with E-state index in [0.717, 1.165) is 38.9 Å². The van der Waals surface area contributed by atoms with Crippen molar-refractivity contribution in [2.75, 3.05) is 19.6 Å². The summed E-state index contributed by atoms with van der Waals surface area (Å²) in [6.45, 7) is 3.23. The van der Waals surface area contributed by atoms with Gasteiger partial charge in [0.05, 0.1) is 0 Å². The summed E-state index contributed by atoms with van der Waals surface area (Å²) in [5.74, 6) is 0.721. The second kappa shape index (κ2) is 6.46. The van der Waals surface area contributed by atoms with Gasteiger partial charge in [-0.1, -0.05) is 24.3 Å². The average molecular weight is 352 g/mol. The third-order valence-corrected chi connectivity index (χ3v) is 6.30. The number of aromatic nitrogens is 4. The van der Waals surface area contributed by atoms with Gasteiger partial charge in [0.1, 0.15) is 12.9 Å². The minimum atomic E-state index is 0.142. The number of carbonyl (C=O) groups is 1. The van der Waals surface area contributed by atoms with Crippen LogP contribution in [0, 0.1) is 5.92 Å². The molecular weight excluding hydrogens is 328 g/mol. The number of fused-ring (bicyclic) bond motifs is 5. The number of amides is 1. The second-order valence-corrected chi connectivity index (χ2v) is 7.94. The van der Waals surface area contributed by atoms with Gasteiger partial charge in [-0.2, -0.15) is 0 Å². The van der Waals surface area contributed by atoms with Crippen LogP contribution in [-0.4, -0.2) is 67.6 Å². The van der Waals surface area contributed by atoms with Gasteiger partial charge in [-0.3, -0.25) is 9.69 Å². The molecule has 7 nitrogen and oxygen atoms in total. The summed E-state index contributed by atoms with van der Waals surface area (Å²) in [5.41, 5.74) is 3.00. The van der Waals surface area contributed by atoms with Crippen molar-refractivity contribution < 1.29 is 4.79 Å². The Kier molecular flexibility index (Phi) is 3.96. The van der Waals surface area contributed by atoms with Gasteiger partial charge in [0.15, 0.2) is 0 Å². The minimum Gasteiger partial charge on any atom is -0.336 e. The van der Waals surface area contributed by atoms with Crippen LogP contribution in [0.3, 0.4) is 0 Å². The van der Waals surface area contributed by atoms with E-state index in [4.69, 9.17) is 0 Å². The number of nitrogens with zero attached hydrogens (tertiary/aromatic N) is 6. The SMILES string of the molecule is O=C(Cn1cnnn1)N1C[C@H]2CC[C@@H]1CN(C1Cc3ccccc3C1)C2. The van der Waals surface area contributed by atoms with E-state index in [1.54, 1.807) is 0 Å². The first kappa shape index (κ1) is 15.9. The molecule has 0 N–H and O–H groups in total. The number of benzene rings is 1. The summed E-state index contributed by atoms with van der Waals surface area (Å²) in [4.78, 5) is 17.6. The molecule has 4 heterocycles. The van der Waals surface area contributed by atoms with Crippen molar-refractivity contribution in [3.05, 3.63) is 41.7 Å². The fraction of sp³-hybridized carbons (Fsp3) is 0.579. The van der Waals surface area contributed by atoms with Gasteiger partial charge in [0.25, 0.3) is 0 Å². The summed E-state index contributed by atoms with van der Waals surface area (Å²) in [6.07, 6.45) is 6.15. The lowest BCUT2D eigenvalue weighted by atomic mass is 9.95. The fourth-order valence-electron chi connectivity index (χ4n) is 5.00. The molecule has 2 aromatic rings. The number of piperidine rings is 1. The highest BCUT2D eigenvalue weighted by Gasteiger charge is 2.40. The van der Waals surface area contributed by atoms with Crippen molar-refractivity contribution >= 4 is 5.91 Å². The monoisotopic (exact) mass is 352 g/mol.